The summed E-state index contributed by atoms with van der Waals surface area (Å²) in [5, 5.41) is 0. The van der Waals surface area contributed by atoms with Gasteiger partial charge in [-0.2, -0.15) is 0 Å². The Bertz CT molecular complexity index is 1100. The summed E-state index contributed by atoms with van der Waals surface area (Å²) in [6.07, 6.45) is 27.0. The van der Waals surface area contributed by atoms with Crippen molar-refractivity contribution < 1.29 is 9.47 Å². The van der Waals surface area contributed by atoms with Crippen molar-refractivity contribution in [1.29, 1.82) is 0 Å². The molecule has 0 radical (unpaired) electrons. The van der Waals surface area contributed by atoms with Gasteiger partial charge in [-0.05, 0) is 95.6 Å². The Labute approximate surface area is 349 Å². The Morgan fingerprint density at radius 3 is 0.821 bits per heavy atom. The Kier molecular flexibility index (Phi) is 27.0. The summed E-state index contributed by atoms with van der Waals surface area (Å²) in [5.74, 6) is 8.43. The van der Waals surface area contributed by atoms with Gasteiger partial charge in [-0.3, -0.25) is 0 Å². The van der Waals surface area contributed by atoms with Crippen LogP contribution in [0.5, 0.6) is 11.5 Å². The summed E-state index contributed by atoms with van der Waals surface area (Å²) in [5.41, 5.74) is 8.88. The fraction of sp³-hybridized carbons (Fsp3) is 0.774. The molecule has 56 heavy (non-hydrogen) atoms. The van der Waals surface area contributed by atoms with Crippen molar-refractivity contribution in [3.63, 3.8) is 0 Å². The zero-order valence-electron chi connectivity index (χ0n) is 38.8. The zero-order chi connectivity index (χ0) is 41.1. The molecule has 2 unspecified atom stereocenters. The summed E-state index contributed by atoms with van der Waals surface area (Å²) >= 11 is 0. The molecule has 0 saturated carbocycles. The summed E-state index contributed by atoms with van der Waals surface area (Å²) in [6.45, 7) is 25.5. The predicted octanol–water partition coefficient (Wildman–Crippen LogP) is 16.4. The van der Waals surface area contributed by atoms with E-state index in [1.54, 1.807) is 0 Å². The molecule has 2 rings (SSSR count). The average Bonchev–Trinajstić information content (AvgIpc) is 3.15. The summed E-state index contributed by atoms with van der Waals surface area (Å²) in [4.78, 5) is 0. The highest BCUT2D eigenvalue weighted by Gasteiger charge is 2.13. The van der Waals surface area contributed by atoms with Crippen molar-refractivity contribution in [2.75, 3.05) is 13.2 Å². The van der Waals surface area contributed by atoms with Gasteiger partial charge in [0.05, 0.1) is 19.3 Å². The van der Waals surface area contributed by atoms with Gasteiger partial charge in [-0.15, -0.1) is 0 Å². The molecular formula is C53H93NO2. The SMILES string of the molecule is CC(C)CCC[C@@H](C)CCC[C@@H](C)CCCC(C)CCOc1ccc(C(N)c2ccc(OCCC(C)CCC[C@H](C)CCC[C@H](C)CCCC(C)C)cc2)cc1. The second-order valence-electron chi connectivity index (χ2n) is 19.9. The van der Waals surface area contributed by atoms with Crippen molar-refractivity contribution in [3.05, 3.63) is 59.7 Å². The highest BCUT2D eigenvalue weighted by atomic mass is 16.5. The van der Waals surface area contributed by atoms with Crippen molar-refractivity contribution in [2.24, 2.45) is 53.1 Å². The number of benzene rings is 2. The largest absolute Gasteiger partial charge is 0.494 e. The molecule has 0 fully saturated rings. The first kappa shape index (κ1) is 50.1. The van der Waals surface area contributed by atoms with E-state index in [1.165, 1.54) is 116 Å². The molecule has 6 atom stereocenters. The topological polar surface area (TPSA) is 44.5 Å². The molecule has 2 N–H and O–H groups in total. The van der Waals surface area contributed by atoms with Crippen LogP contribution < -0.4 is 15.2 Å². The maximum atomic E-state index is 6.68. The first-order valence-corrected chi connectivity index (χ1v) is 24.0. The van der Waals surface area contributed by atoms with E-state index in [0.29, 0.717) is 11.8 Å². The summed E-state index contributed by atoms with van der Waals surface area (Å²) in [7, 11) is 0. The van der Waals surface area contributed by atoms with Crippen molar-refractivity contribution in [2.45, 2.75) is 204 Å². The van der Waals surface area contributed by atoms with Crippen LogP contribution in [-0.2, 0) is 0 Å². The number of hydrogen-bond donors (Lipinski definition) is 1. The first-order chi connectivity index (χ1) is 26.8. The van der Waals surface area contributed by atoms with E-state index in [0.717, 1.165) is 84.2 Å². The molecule has 0 bridgehead atoms. The van der Waals surface area contributed by atoms with Crippen molar-refractivity contribution in [3.8, 4) is 11.5 Å². The minimum atomic E-state index is -0.167. The van der Waals surface area contributed by atoms with E-state index in [2.05, 4.69) is 118 Å². The molecule has 0 spiro atoms. The van der Waals surface area contributed by atoms with Crippen LogP contribution in [-0.4, -0.2) is 13.2 Å². The van der Waals surface area contributed by atoms with Crippen LogP contribution in [0, 0.1) is 47.3 Å². The van der Waals surface area contributed by atoms with Gasteiger partial charge in [0.2, 0.25) is 0 Å². The second kappa shape index (κ2) is 30.1. The van der Waals surface area contributed by atoms with Crippen LogP contribution in [0.25, 0.3) is 0 Å². The van der Waals surface area contributed by atoms with Gasteiger partial charge in [-0.1, -0.05) is 209 Å². The zero-order valence-corrected chi connectivity index (χ0v) is 38.8. The predicted molar refractivity (Wildman–Crippen MR) is 247 cm³/mol. The lowest BCUT2D eigenvalue weighted by Crippen LogP contribution is -2.12. The van der Waals surface area contributed by atoms with Gasteiger partial charge >= 0.3 is 0 Å². The highest BCUT2D eigenvalue weighted by molar-refractivity contribution is 5.37. The molecule has 0 aliphatic rings. The van der Waals surface area contributed by atoms with Crippen LogP contribution in [0.15, 0.2) is 48.5 Å². The maximum Gasteiger partial charge on any atom is 0.119 e. The third-order valence-corrected chi connectivity index (χ3v) is 12.8. The molecule has 0 aromatic heterocycles. The van der Waals surface area contributed by atoms with Gasteiger partial charge < -0.3 is 15.2 Å². The quantitative estimate of drug-likeness (QED) is 0.0770. The van der Waals surface area contributed by atoms with Crippen molar-refractivity contribution >= 4 is 0 Å². The molecule has 0 heterocycles. The lowest BCUT2D eigenvalue weighted by molar-refractivity contribution is 0.274. The van der Waals surface area contributed by atoms with E-state index >= 15 is 0 Å². The Morgan fingerprint density at radius 2 is 0.571 bits per heavy atom. The molecule has 322 valence electrons. The van der Waals surface area contributed by atoms with Crippen LogP contribution >= 0.6 is 0 Å². The minimum absolute atomic E-state index is 0.167. The Morgan fingerprint density at radius 1 is 0.339 bits per heavy atom. The van der Waals surface area contributed by atoms with Gasteiger partial charge in [-0.25, -0.2) is 0 Å². The smallest absolute Gasteiger partial charge is 0.119 e. The second-order valence-corrected chi connectivity index (χ2v) is 19.9. The van der Waals surface area contributed by atoms with E-state index in [4.69, 9.17) is 15.2 Å². The van der Waals surface area contributed by atoms with Gasteiger partial charge in [0, 0.05) is 0 Å². The third kappa shape index (κ3) is 24.7. The number of nitrogens with two attached hydrogens (primary N) is 1. The van der Waals surface area contributed by atoms with E-state index in [1.807, 2.05) is 0 Å². The number of rotatable bonds is 34. The third-order valence-electron chi connectivity index (χ3n) is 12.8. The number of hydrogen-bond acceptors (Lipinski definition) is 3. The summed E-state index contributed by atoms with van der Waals surface area (Å²) in [6, 6.07) is 16.6. The van der Waals surface area contributed by atoms with Crippen molar-refractivity contribution in [1.82, 2.24) is 0 Å². The van der Waals surface area contributed by atoms with Gasteiger partial charge in [0.15, 0.2) is 0 Å². The van der Waals surface area contributed by atoms with Crippen LogP contribution in [0.3, 0.4) is 0 Å². The monoisotopic (exact) mass is 776 g/mol. The van der Waals surface area contributed by atoms with Gasteiger partial charge in [0.1, 0.15) is 11.5 Å². The summed E-state index contributed by atoms with van der Waals surface area (Å²) < 4.78 is 12.3. The standard InChI is InChI=1S/C53H93NO2/c1-41(2)17-11-19-43(5)21-13-23-45(7)25-15-27-47(9)37-39-55-51-33-29-49(30-34-51)53(54)50-31-35-52(36-32-50)56-40-38-48(10)28-16-26-46(8)24-14-22-44(6)20-12-18-42(3)4/h29-36,41-48,53H,11-28,37-40,54H2,1-10H3/t43-,44-,45-,46-,47?,48?,53?/m1/s1. The molecule has 0 aliphatic carbocycles. The molecule has 0 aliphatic heterocycles. The molecule has 3 nitrogen and oxygen atoms in total. The lowest BCUT2D eigenvalue weighted by Gasteiger charge is -2.17. The molecule has 2 aromatic carbocycles. The van der Waals surface area contributed by atoms with Crippen LogP contribution in [0.2, 0.25) is 0 Å². The molecule has 3 heteroatoms. The minimum Gasteiger partial charge on any atom is -0.494 e. The van der Waals surface area contributed by atoms with Crippen LogP contribution in [0.4, 0.5) is 0 Å². The van der Waals surface area contributed by atoms with E-state index < -0.39 is 0 Å². The first-order valence-electron chi connectivity index (χ1n) is 24.0. The molecule has 0 saturated heterocycles. The normalized spacial score (nSPS) is 15.7. The molecule has 2 aromatic rings. The molecule has 0 amide bonds. The van der Waals surface area contributed by atoms with Crippen LogP contribution in [0.1, 0.15) is 215 Å². The fourth-order valence-electron chi connectivity index (χ4n) is 8.37. The maximum absolute atomic E-state index is 6.68. The Hall–Kier alpha value is -2.00. The lowest BCUT2D eigenvalue weighted by atomic mass is 9.91. The fourth-order valence-corrected chi connectivity index (χ4v) is 8.37. The average molecular weight is 776 g/mol. The highest BCUT2D eigenvalue weighted by Crippen LogP contribution is 2.27. The number of ether oxygens (including phenoxy) is 2. The molecular weight excluding hydrogens is 683 g/mol. The van der Waals surface area contributed by atoms with E-state index in [9.17, 15) is 0 Å². The van der Waals surface area contributed by atoms with Gasteiger partial charge in [0.25, 0.3) is 0 Å². The van der Waals surface area contributed by atoms with E-state index in [-0.39, 0.29) is 6.04 Å². The Balaban J connectivity index is 1.55.